The van der Waals surface area contributed by atoms with Crippen LogP contribution in [0.15, 0.2) is 12.2 Å². The third kappa shape index (κ3) is 4.14. The number of rotatable bonds is 2. The van der Waals surface area contributed by atoms with Crippen LogP contribution in [-0.4, -0.2) is 34.1 Å². The van der Waals surface area contributed by atoms with Gasteiger partial charge in [-0.15, -0.1) is 0 Å². The van der Waals surface area contributed by atoms with Gasteiger partial charge in [-0.25, -0.2) is 4.79 Å². The number of hydrogen-bond acceptors (Lipinski definition) is 1. The third-order valence-electron chi connectivity index (χ3n) is 0.729. The summed E-state index contributed by atoms with van der Waals surface area (Å²) in [6.45, 7) is 5.03. The van der Waals surface area contributed by atoms with E-state index in [1.807, 2.05) is 0 Å². The van der Waals surface area contributed by atoms with Crippen molar-refractivity contribution in [3.8, 4) is 0 Å². The second-order valence-corrected chi connectivity index (χ2v) is 1.26. The van der Waals surface area contributed by atoms with E-state index in [1.54, 1.807) is 6.92 Å². The van der Waals surface area contributed by atoms with Crippen molar-refractivity contribution in [2.75, 3.05) is 0 Å². The first kappa shape index (κ1) is 10.9. The van der Waals surface area contributed by atoms with E-state index in [9.17, 15) is 4.79 Å². The SMILES string of the molecule is C=C(CC)C(=O)O.[H-].[H-].[Mg+2]. The summed E-state index contributed by atoms with van der Waals surface area (Å²) >= 11 is 0. The predicted molar refractivity (Wildman–Crippen MR) is 35.0 cm³/mol. The molecule has 0 unspecified atom stereocenters. The van der Waals surface area contributed by atoms with Gasteiger partial charge in [-0.1, -0.05) is 13.5 Å². The van der Waals surface area contributed by atoms with Gasteiger partial charge in [0.1, 0.15) is 0 Å². The molecule has 44 valence electrons. The van der Waals surface area contributed by atoms with Gasteiger partial charge in [0.05, 0.1) is 0 Å². The molecule has 0 aliphatic carbocycles. The number of hydrogen-bond donors (Lipinski definition) is 1. The maximum absolute atomic E-state index is 9.83. The Kier molecular flexibility index (Phi) is 6.96. The quantitative estimate of drug-likeness (QED) is 0.441. The second-order valence-electron chi connectivity index (χ2n) is 1.26. The second kappa shape index (κ2) is 5.12. The van der Waals surface area contributed by atoms with Crippen LogP contribution in [0, 0.1) is 0 Å². The minimum Gasteiger partial charge on any atom is -1.00 e. The molecule has 0 amide bonds. The fraction of sp³-hybridized carbons (Fsp3) is 0.400. The standard InChI is InChI=1S/C5H8O2.Mg.2H/c1-3-4(2)5(6)7;;;/h2-3H2,1H3,(H,6,7);;;/q;+2;2*-1. The van der Waals surface area contributed by atoms with Crippen molar-refractivity contribution in [1.29, 1.82) is 0 Å². The van der Waals surface area contributed by atoms with E-state index in [4.69, 9.17) is 5.11 Å². The molecule has 0 aliphatic heterocycles. The summed E-state index contributed by atoms with van der Waals surface area (Å²) in [6.07, 6.45) is 0.523. The first-order valence-electron chi connectivity index (χ1n) is 2.09. The van der Waals surface area contributed by atoms with Crippen molar-refractivity contribution in [2.24, 2.45) is 0 Å². The molecule has 0 aromatic heterocycles. The summed E-state index contributed by atoms with van der Waals surface area (Å²) in [5.41, 5.74) is 0.264. The average molecular weight is 126 g/mol. The zero-order chi connectivity index (χ0) is 5.86. The van der Waals surface area contributed by atoms with E-state index < -0.39 is 5.97 Å². The van der Waals surface area contributed by atoms with Gasteiger partial charge in [0, 0.05) is 5.57 Å². The van der Waals surface area contributed by atoms with Crippen molar-refractivity contribution >= 4 is 29.0 Å². The summed E-state index contributed by atoms with van der Waals surface area (Å²) in [5.74, 6) is -0.900. The van der Waals surface area contributed by atoms with Crippen molar-refractivity contribution in [1.82, 2.24) is 0 Å². The Balaban J connectivity index is -0.0000000600. The minimum atomic E-state index is -0.900. The van der Waals surface area contributed by atoms with E-state index in [2.05, 4.69) is 6.58 Å². The normalized spacial score (nSPS) is 7.12. The molecule has 0 aromatic rings. The molecule has 3 heteroatoms. The maximum atomic E-state index is 9.83. The molecule has 1 N–H and O–H groups in total. The summed E-state index contributed by atoms with van der Waals surface area (Å²) in [7, 11) is 0. The van der Waals surface area contributed by atoms with Crippen molar-refractivity contribution < 1.29 is 12.8 Å². The molecule has 0 atom stereocenters. The zero-order valence-electron chi connectivity index (χ0n) is 6.98. The van der Waals surface area contributed by atoms with E-state index in [0.717, 1.165) is 0 Å². The minimum absolute atomic E-state index is 0. The summed E-state index contributed by atoms with van der Waals surface area (Å²) < 4.78 is 0. The van der Waals surface area contributed by atoms with E-state index in [1.165, 1.54) is 0 Å². The Bertz CT molecular complexity index is 106. The molecule has 0 aromatic carbocycles. The van der Waals surface area contributed by atoms with Crippen molar-refractivity contribution in [3.05, 3.63) is 12.2 Å². The summed E-state index contributed by atoms with van der Waals surface area (Å²) in [4.78, 5) is 9.83. The average Bonchev–Trinajstić information content (AvgIpc) is 1.65. The molecule has 0 saturated carbocycles. The Morgan fingerprint density at radius 3 is 2.25 bits per heavy atom. The van der Waals surface area contributed by atoms with E-state index in [-0.39, 0.29) is 31.5 Å². The predicted octanol–water partition coefficient (Wildman–Crippen LogP) is 0.881. The van der Waals surface area contributed by atoms with Gasteiger partial charge in [-0.05, 0) is 6.42 Å². The fourth-order valence-electron chi connectivity index (χ4n) is 0.151. The van der Waals surface area contributed by atoms with E-state index in [0.29, 0.717) is 6.42 Å². The Morgan fingerprint density at radius 1 is 1.88 bits per heavy atom. The van der Waals surface area contributed by atoms with Crippen LogP contribution in [0.1, 0.15) is 16.2 Å². The van der Waals surface area contributed by atoms with Crippen LogP contribution in [-0.2, 0) is 4.79 Å². The van der Waals surface area contributed by atoms with Crippen LogP contribution >= 0.6 is 0 Å². The number of carbonyl (C=O) groups is 1. The molecular formula is C5H10MgO2. The van der Waals surface area contributed by atoms with Crippen LogP contribution in [0.25, 0.3) is 0 Å². The molecule has 0 heterocycles. The smallest absolute Gasteiger partial charge is 1.00 e. The molecular weight excluding hydrogens is 116 g/mol. The zero-order valence-corrected chi connectivity index (χ0v) is 6.39. The van der Waals surface area contributed by atoms with Crippen LogP contribution in [0.4, 0.5) is 0 Å². The third-order valence-corrected chi connectivity index (χ3v) is 0.729. The van der Waals surface area contributed by atoms with Gasteiger partial charge in [0.2, 0.25) is 0 Å². The van der Waals surface area contributed by atoms with Gasteiger partial charge in [0.15, 0.2) is 0 Å². The molecule has 8 heavy (non-hydrogen) atoms. The molecule has 2 nitrogen and oxygen atoms in total. The van der Waals surface area contributed by atoms with Crippen LogP contribution in [0.5, 0.6) is 0 Å². The molecule has 0 fully saturated rings. The Hall–Kier alpha value is -0.0238. The molecule has 0 bridgehead atoms. The first-order chi connectivity index (χ1) is 3.18. The molecule has 0 rings (SSSR count). The van der Waals surface area contributed by atoms with Crippen molar-refractivity contribution in [3.63, 3.8) is 0 Å². The van der Waals surface area contributed by atoms with Crippen molar-refractivity contribution in [2.45, 2.75) is 13.3 Å². The number of aliphatic carboxylic acids is 1. The van der Waals surface area contributed by atoms with Crippen LogP contribution < -0.4 is 0 Å². The molecule has 0 radical (unpaired) electrons. The Labute approximate surface area is 67.7 Å². The largest absolute Gasteiger partial charge is 2.00 e. The summed E-state index contributed by atoms with van der Waals surface area (Å²) in [5, 5.41) is 8.08. The van der Waals surface area contributed by atoms with Gasteiger partial charge in [0.25, 0.3) is 0 Å². The monoisotopic (exact) mass is 126 g/mol. The topological polar surface area (TPSA) is 37.3 Å². The summed E-state index contributed by atoms with van der Waals surface area (Å²) in [6, 6.07) is 0. The molecule has 0 saturated heterocycles. The van der Waals surface area contributed by atoms with Crippen LogP contribution in [0.3, 0.4) is 0 Å². The Morgan fingerprint density at radius 2 is 2.25 bits per heavy atom. The first-order valence-corrected chi connectivity index (χ1v) is 2.09. The molecule has 0 aliphatic rings. The van der Waals surface area contributed by atoms with Crippen LogP contribution in [0.2, 0.25) is 0 Å². The van der Waals surface area contributed by atoms with Gasteiger partial charge < -0.3 is 7.96 Å². The molecule has 0 spiro atoms. The van der Waals surface area contributed by atoms with Gasteiger partial charge in [-0.2, -0.15) is 0 Å². The fourth-order valence-corrected chi connectivity index (χ4v) is 0.151. The van der Waals surface area contributed by atoms with Gasteiger partial charge in [-0.3, -0.25) is 0 Å². The van der Waals surface area contributed by atoms with E-state index >= 15 is 0 Å². The number of carboxylic acids is 1. The maximum Gasteiger partial charge on any atom is 2.00 e. The number of carboxylic acid groups (broad SMARTS) is 1. The van der Waals surface area contributed by atoms with Gasteiger partial charge >= 0.3 is 29.0 Å².